The molecule has 1 aliphatic heterocycles. The molecule has 4 aromatic rings. The monoisotopic (exact) mass is 454 g/mol. The van der Waals surface area contributed by atoms with Crippen molar-refractivity contribution in [1.82, 2.24) is 19.6 Å². The smallest absolute Gasteiger partial charge is 0.249 e. The predicted molar refractivity (Wildman–Crippen MR) is 130 cm³/mol. The zero-order chi connectivity index (χ0) is 22.9. The Morgan fingerprint density at radius 1 is 1.03 bits per heavy atom. The summed E-state index contributed by atoms with van der Waals surface area (Å²) in [6.07, 6.45) is 6.27. The maximum atomic E-state index is 12.1. The summed E-state index contributed by atoms with van der Waals surface area (Å²) >= 11 is 0. The minimum atomic E-state index is -0.000146. The summed E-state index contributed by atoms with van der Waals surface area (Å²) in [5.41, 5.74) is 3.61. The number of carbonyl (C=O) groups is 1. The Bertz CT molecular complexity index is 1310. The van der Waals surface area contributed by atoms with Crippen LogP contribution in [-0.2, 0) is 11.4 Å². The summed E-state index contributed by atoms with van der Waals surface area (Å²) < 4.78 is 7.73. The number of fused-ring (bicyclic) bond motifs is 1. The number of rotatable bonds is 7. The van der Waals surface area contributed by atoms with Gasteiger partial charge in [0.2, 0.25) is 11.9 Å². The third kappa shape index (κ3) is 4.31. The highest BCUT2D eigenvalue weighted by Gasteiger charge is 2.30. The Balaban J connectivity index is 1.13. The number of nitrogens with one attached hydrogen (secondary N) is 1. The molecule has 8 heteroatoms. The summed E-state index contributed by atoms with van der Waals surface area (Å²) in [4.78, 5) is 23.4. The number of hydrogen-bond donors (Lipinski definition) is 1. The molecule has 0 spiro atoms. The number of nitrogens with zero attached hydrogens (tertiary/aromatic N) is 5. The van der Waals surface area contributed by atoms with Gasteiger partial charge in [0.15, 0.2) is 5.65 Å². The molecule has 6 rings (SSSR count). The second-order valence-corrected chi connectivity index (χ2v) is 8.91. The molecule has 34 heavy (non-hydrogen) atoms. The van der Waals surface area contributed by atoms with E-state index in [0.717, 1.165) is 54.3 Å². The maximum Gasteiger partial charge on any atom is 0.249 e. The molecule has 1 saturated carbocycles. The first kappa shape index (κ1) is 20.7. The van der Waals surface area contributed by atoms with E-state index in [2.05, 4.69) is 37.4 Å². The number of carbonyl (C=O) groups excluding carboxylic acids is 1. The first-order valence-corrected chi connectivity index (χ1v) is 11.8. The van der Waals surface area contributed by atoms with Crippen LogP contribution < -0.4 is 15.0 Å². The van der Waals surface area contributed by atoms with E-state index in [1.165, 1.54) is 12.8 Å². The Hall–Kier alpha value is -3.94. The average molecular weight is 455 g/mol. The molecule has 1 aliphatic carbocycles. The minimum Gasteiger partial charge on any atom is -0.489 e. The van der Waals surface area contributed by atoms with Crippen LogP contribution >= 0.6 is 0 Å². The lowest BCUT2D eigenvalue weighted by Gasteiger charge is -2.16. The molecule has 0 bridgehead atoms. The highest BCUT2D eigenvalue weighted by Crippen LogP contribution is 2.30. The summed E-state index contributed by atoms with van der Waals surface area (Å²) in [6, 6.07) is 17.9. The Morgan fingerprint density at radius 3 is 2.59 bits per heavy atom. The quantitative estimate of drug-likeness (QED) is 0.448. The van der Waals surface area contributed by atoms with Gasteiger partial charge >= 0.3 is 0 Å². The first-order valence-electron chi connectivity index (χ1n) is 11.8. The summed E-state index contributed by atoms with van der Waals surface area (Å²) in [5, 5.41) is 7.33. The van der Waals surface area contributed by atoms with E-state index in [9.17, 15) is 4.79 Å². The molecule has 8 nitrogen and oxygen atoms in total. The van der Waals surface area contributed by atoms with Crippen LogP contribution in [0.4, 0.5) is 11.8 Å². The largest absolute Gasteiger partial charge is 0.489 e. The summed E-state index contributed by atoms with van der Waals surface area (Å²) in [6.45, 7) is 2.65. The lowest BCUT2D eigenvalue weighted by molar-refractivity contribution is -0.117. The molecule has 0 radical (unpaired) electrons. The zero-order valence-corrected chi connectivity index (χ0v) is 18.9. The lowest BCUT2D eigenvalue weighted by atomic mass is 10.1. The number of pyridine rings is 2. The van der Waals surface area contributed by atoms with Gasteiger partial charge in [-0.3, -0.25) is 10.1 Å². The van der Waals surface area contributed by atoms with E-state index in [4.69, 9.17) is 4.74 Å². The van der Waals surface area contributed by atoms with Gasteiger partial charge in [0.05, 0.1) is 5.69 Å². The van der Waals surface area contributed by atoms with Crippen LogP contribution in [0.1, 0.15) is 31.2 Å². The number of amides is 1. The minimum absolute atomic E-state index is 0.000146. The van der Waals surface area contributed by atoms with Crippen molar-refractivity contribution in [2.24, 2.45) is 5.92 Å². The molecule has 1 saturated heterocycles. The molecular weight excluding hydrogens is 428 g/mol. The van der Waals surface area contributed by atoms with Gasteiger partial charge in [0.25, 0.3) is 0 Å². The summed E-state index contributed by atoms with van der Waals surface area (Å²) in [5.74, 6) is 2.28. The van der Waals surface area contributed by atoms with E-state index in [1.54, 1.807) is 4.52 Å². The Kier molecular flexibility index (Phi) is 5.33. The molecule has 1 aromatic carbocycles. The van der Waals surface area contributed by atoms with Crippen LogP contribution in [-0.4, -0.2) is 38.6 Å². The Labute approximate surface area is 197 Å². The second kappa shape index (κ2) is 8.78. The number of ether oxygens (including phenoxy) is 1. The topological polar surface area (TPSA) is 84.6 Å². The third-order valence-corrected chi connectivity index (χ3v) is 6.34. The van der Waals surface area contributed by atoms with Gasteiger partial charge < -0.3 is 9.64 Å². The van der Waals surface area contributed by atoms with Crippen molar-refractivity contribution in [3.63, 3.8) is 0 Å². The molecule has 3 aromatic heterocycles. The average Bonchev–Trinajstić information content (AvgIpc) is 3.42. The fourth-order valence-corrected chi connectivity index (χ4v) is 4.26. The van der Waals surface area contributed by atoms with Gasteiger partial charge in [-0.05, 0) is 68.1 Å². The van der Waals surface area contributed by atoms with Crippen molar-refractivity contribution in [3.8, 4) is 17.0 Å². The molecule has 0 unspecified atom stereocenters. The van der Waals surface area contributed by atoms with Crippen molar-refractivity contribution < 1.29 is 9.53 Å². The highest BCUT2D eigenvalue weighted by molar-refractivity contribution is 5.92. The van der Waals surface area contributed by atoms with E-state index >= 15 is 0 Å². The molecular formula is C26H26N6O2. The van der Waals surface area contributed by atoms with Crippen molar-refractivity contribution >= 4 is 23.3 Å². The standard InChI is InChI=1S/C26H26N6O2/c33-25(20-7-8-20)29-26-28-24-5-3-4-22(32(24)30-26)19-9-11-21(12-10-19)34-17-18-6-13-23(27-16-18)31-14-1-2-15-31/h3-6,9-13,16,20H,1-2,7-8,14-15,17H2,(H,29,30,33). The maximum absolute atomic E-state index is 12.1. The molecule has 0 atom stereocenters. The molecule has 1 amide bonds. The van der Waals surface area contributed by atoms with Crippen LogP contribution in [0.15, 0.2) is 60.8 Å². The number of benzene rings is 1. The fraction of sp³-hybridized carbons (Fsp3) is 0.308. The number of hydrogen-bond acceptors (Lipinski definition) is 6. The van der Waals surface area contributed by atoms with Gasteiger partial charge in [-0.25, -0.2) is 9.50 Å². The predicted octanol–water partition coefficient (Wildman–Crippen LogP) is 4.32. The van der Waals surface area contributed by atoms with Gasteiger partial charge in [0, 0.05) is 36.3 Å². The molecule has 1 N–H and O–H groups in total. The van der Waals surface area contributed by atoms with E-state index in [0.29, 0.717) is 18.2 Å². The highest BCUT2D eigenvalue weighted by atomic mass is 16.5. The van der Waals surface area contributed by atoms with E-state index < -0.39 is 0 Å². The van der Waals surface area contributed by atoms with E-state index in [-0.39, 0.29) is 11.8 Å². The third-order valence-electron chi connectivity index (χ3n) is 6.34. The lowest BCUT2D eigenvalue weighted by Crippen LogP contribution is -2.18. The van der Waals surface area contributed by atoms with Crippen LogP contribution in [0.25, 0.3) is 16.9 Å². The van der Waals surface area contributed by atoms with Gasteiger partial charge in [-0.2, -0.15) is 4.98 Å². The molecule has 2 aliphatic rings. The van der Waals surface area contributed by atoms with Gasteiger partial charge in [0.1, 0.15) is 18.2 Å². The number of anilines is 2. The van der Waals surface area contributed by atoms with Crippen molar-refractivity contribution in [1.29, 1.82) is 0 Å². The normalized spacial score (nSPS) is 15.6. The first-order chi connectivity index (χ1) is 16.7. The number of aromatic nitrogens is 4. The van der Waals surface area contributed by atoms with E-state index in [1.807, 2.05) is 48.7 Å². The zero-order valence-electron chi connectivity index (χ0n) is 18.9. The molecule has 172 valence electrons. The SMILES string of the molecule is O=C(Nc1nc2cccc(-c3ccc(OCc4ccc(N5CCCC5)nc4)cc3)n2n1)C1CC1. The molecule has 2 fully saturated rings. The van der Waals surface area contributed by atoms with Crippen molar-refractivity contribution in [3.05, 3.63) is 66.4 Å². The van der Waals surface area contributed by atoms with Crippen LogP contribution in [0.3, 0.4) is 0 Å². The summed E-state index contributed by atoms with van der Waals surface area (Å²) in [7, 11) is 0. The second-order valence-electron chi connectivity index (χ2n) is 8.91. The van der Waals surface area contributed by atoms with Crippen molar-refractivity contribution in [2.75, 3.05) is 23.3 Å². The van der Waals surface area contributed by atoms with Gasteiger partial charge in [-0.15, -0.1) is 5.10 Å². The van der Waals surface area contributed by atoms with Crippen molar-refractivity contribution in [2.45, 2.75) is 32.3 Å². The van der Waals surface area contributed by atoms with Crippen LogP contribution in [0, 0.1) is 5.92 Å². The fourth-order valence-electron chi connectivity index (χ4n) is 4.26. The molecule has 4 heterocycles. The Morgan fingerprint density at radius 2 is 1.85 bits per heavy atom. The van der Waals surface area contributed by atoms with Gasteiger partial charge in [-0.1, -0.05) is 12.1 Å². The van der Waals surface area contributed by atoms with Crippen LogP contribution in [0.2, 0.25) is 0 Å². The van der Waals surface area contributed by atoms with Crippen LogP contribution in [0.5, 0.6) is 5.75 Å².